The summed E-state index contributed by atoms with van der Waals surface area (Å²) < 4.78 is 30.5. The van der Waals surface area contributed by atoms with Crippen LogP contribution in [-0.2, 0) is 23.8 Å². The molecule has 0 aromatic heterocycles. The maximum absolute atomic E-state index is 14.6. The Kier molecular flexibility index (Phi) is 12.4. The van der Waals surface area contributed by atoms with Gasteiger partial charge in [-0.1, -0.05) is 57.5 Å². The standard InChI is InChI=1S/C43H46BrClN2O12/c1-17-11-10-12-18(2)42(54)47-33-37(52)30-29(32-40(33)58-28-15-24(44)25(45)16-26(28)46-32)31-39(22(6)36(30)51)59-43(8,41(31)53)56-14-13-27(55-9)19(3)38(57-23(7)48)21(5)35(50)20(4)34(17)49/h10-17,19-21,27,34-35,38,49-51H,1-9H3,(H,47,54)/b11-10+,14-13+,18-12-/t17-,19+,20+,21+,27-,34-,35+,38+,43-/m0/s1. The third-order valence-corrected chi connectivity index (χ3v) is 12.6. The normalized spacial score (nSPS) is 30.2. The number of aromatic hydroxyl groups is 1. The molecule has 0 unspecified atom stereocenters. The Bertz CT molecular complexity index is 2500. The highest BCUT2D eigenvalue weighted by Crippen LogP contribution is 2.50. The van der Waals surface area contributed by atoms with Crippen molar-refractivity contribution in [3.05, 3.63) is 79.1 Å². The highest BCUT2D eigenvalue weighted by Gasteiger charge is 2.50. The molecular formula is C43H46BrClN2O12. The number of benzene rings is 3. The van der Waals surface area contributed by atoms with Gasteiger partial charge in [0.15, 0.2) is 11.3 Å². The summed E-state index contributed by atoms with van der Waals surface area (Å²) >= 11 is 9.80. The number of esters is 1. The Morgan fingerprint density at radius 1 is 1.02 bits per heavy atom. The number of ketones is 1. The van der Waals surface area contributed by atoms with Crippen LogP contribution in [0.3, 0.4) is 0 Å². The molecule has 314 valence electrons. The molecule has 4 bridgehead atoms. The van der Waals surface area contributed by atoms with Crippen LogP contribution >= 0.6 is 27.5 Å². The molecule has 6 rings (SSSR count). The highest BCUT2D eigenvalue weighted by atomic mass is 79.9. The number of allylic oxidation sites excluding steroid dienone is 2. The fraction of sp³-hybridized carbons (Fsp3) is 0.419. The lowest BCUT2D eigenvalue weighted by atomic mass is 9.78. The predicted molar refractivity (Wildman–Crippen MR) is 224 cm³/mol. The SMILES string of the molecule is CO[C@H]1/C=C/O[C@@]2(C)Oc3c(C)c(O)c4c(=O)c(c5oc6cc(Br)c(Cl)cc6nc-5c4c3C2=O)NC(=O)/C(C)=C\C=C\[C@H](C)[C@H](O)[C@@H](C)[C@@H](O)[C@@H](C)[C@H](OC(C)=O)[C@@H]1C. The van der Waals surface area contributed by atoms with Gasteiger partial charge in [-0.15, -0.1) is 0 Å². The lowest BCUT2D eigenvalue weighted by molar-refractivity contribution is -0.160. The lowest BCUT2D eigenvalue weighted by Gasteiger charge is -2.38. The number of hydrogen-bond acceptors (Lipinski definition) is 13. The van der Waals surface area contributed by atoms with Gasteiger partial charge < -0.3 is 44.0 Å². The first kappa shape index (κ1) is 43.8. The van der Waals surface area contributed by atoms with Crippen molar-refractivity contribution in [3.8, 4) is 23.0 Å². The van der Waals surface area contributed by atoms with E-state index in [9.17, 15) is 34.5 Å². The number of Topliss-reactive ketones (excluding diaryl/α,β-unsaturated/α-hetero) is 1. The van der Waals surface area contributed by atoms with Crippen molar-refractivity contribution in [1.29, 1.82) is 0 Å². The zero-order valence-corrected chi connectivity index (χ0v) is 36.2. The maximum Gasteiger partial charge on any atom is 0.312 e. The summed E-state index contributed by atoms with van der Waals surface area (Å²) in [5.41, 5.74) is -0.768. The van der Waals surface area contributed by atoms with E-state index in [0.29, 0.717) is 9.50 Å². The van der Waals surface area contributed by atoms with Gasteiger partial charge in [0.1, 0.15) is 34.5 Å². The van der Waals surface area contributed by atoms with Crippen LogP contribution < -0.4 is 15.5 Å². The Morgan fingerprint density at radius 2 is 1.71 bits per heavy atom. The van der Waals surface area contributed by atoms with E-state index in [1.54, 1.807) is 45.9 Å². The number of aromatic nitrogens is 1. The molecule has 2 aromatic rings. The number of ether oxygens (including phenoxy) is 4. The number of anilines is 1. The van der Waals surface area contributed by atoms with Crippen molar-refractivity contribution in [3.63, 3.8) is 0 Å². The average molecular weight is 898 g/mol. The third-order valence-electron chi connectivity index (χ3n) is 11.4. The number of halogens is 2. The molecule has 0 radical (unpaired) electrons. The number of carbonyl (C=O) groups is 3. The first-order valence-electron chi connectivity index (χ1n) is 19.0. The largest absolute Gasteiger partial charge is 0.507 e. The van der Waals surface area contributed by atoms with Gasteiger partial charge >= 0.3 is 11.8 Å². The minimum Gasteiger partial charge on any atom is -0.507 e. The number of aliphatic hydroxyl groups is 2. The van der Waals surface area contributed by atoms with Crippen LogP contribution in [0, 0.1) is 30.6 Å². The van der Waals surface area contributed by atoms with Crippen molar-refractivity contribution in [2.24, 2.45) is 23.7 Å². The number of aliphatic hydroxyl groups excluding tert-OH is 2. The summed E-state index contributed by atoms with van der Waals surface area (Å²) in [4.78, 5) is 60.0. The molecule has 3 aliphatic heterocycles. The predicted octanol–water partition coefficient (Wildman–Crippen LogP) is 7.37. The van der Waals surface area contributed by atoms with Crippen molar-refractivity contribution in [1.82, 2.24) is 4.98 Å². The summed E-state index contributed by atoms with van der Waals surface area (Å²) in [6, 6.07) is 3.06. The zero-order chi connectivity index (χ0) is 43.4. The molecule has 4 N–H and O–H groups in total. The molecule has 3 heterocycles. The van der Waals surface area contributed by atoms with Gasteiger partial charge in [0, 0.05) is 65.6 Å². The van der Waals surface area contributed by atoms with Crippen molar-refractivity contribution in [2.75, 3.05) is 12.4 Å². The van der Waals surface area contributed by atoms with Crippen LogP contribution in [0.25, 0.3) is 33.3 Å². The van der Waals surface area contributed by atoms with E-state index >= 15 is 0 Å². The molecule has 1 aliphatic carbocycles. The van der Waals surface area contributed by atoms with E-state index < -0.39 is 82.7 Å². The molecule has 16 heteroatoms. The summed E-state index contributed by atoms with van der Waals surface area (Å²) in [6.45, 7) is 12.5. The summed E-state index contributed by atoms with van der Waals surface area (Å²) in [5.74, 6) is -7.34. The third kappa shape index (κ3) is 7.86. The highest BCUT2D eigenvalue weighted by molar-refractivity contribution is 9.10. The number of amides is 1. The second kappa shape index (κ2) is 16.7. The van der Waals surface area contributed by atoms with Crippen molar-refractivity contribution < 1.29 is 53.1 Å². The molecule has 0 saturated heterocycles. The first-order chi connectivity index (χ1) is 27.7. The van der Waals surface area contributed by atoms with E-state index in [1.165, 1.54) is 59.3 Å². The summed E-state index contributed by atoms with van der Waals surface area (Å²) in [5, 5.41) is 37.1. The molecule has 14 nitrogen and oxygen atoms in total. The lowest BCUT2D eigenvalue weighted by Crippen LogP contribution is -2.46. The molecule has 9 atom stereocenters. The van der Waals surface area contributed by atoms with E-state index in [2.05, 4.69) is 21.2 Å². The average Bonchev–Trinajstić information content (AvgIpc) is 3.45. The number of nitrogens with zero attached hydrogens (tertiary/aromatic N) is 1. The van der Waals surface area contributed by atoms with Crippen molar-refractivity contribution in [2.45, 2.75) is 85.6 Å². The van der Waals surface area contributed by atoms with Gasteiger partial charge in [0.2, 0.25) is 5.43 Å². The second-order valence-corrected chi connectivity index (χ2v) is 16.7. The van der Waals surface area contributed by atoms with Gasteiger partial charge in [0.05, 0.1) is 40.5 Å². The van der Waals surface area contributed by atoms with E-state index in [1.807, 2.05) is 0 Å². The number of methoxy groups -OCH3 is 1. The topological polar surface area (TPSA) is 204 Å². The monoisotopic (exact) mass is 896 g/mol. The smallest absolute Gasteiger partial charge is 0.312 e. The minimum atomic E-state index is -2.04. The zero-order valence-electron chi connectivity index (χ0n) is 33.9. The molecule has 0 spiro atoms. The maximum atomic E-state index is 14.6. The minimum absolute atomic E-state index is 0.0491. The number of phenols is 1. The van der Waals surface area contributed by atoms with Gasteiger partial charge in [-0.3, -0.25) is 19.2 Å². The van der Waals surface area contributed by atoms with Crippen LogP contribution in [0.15, 0.2) is 62.0 Å². The Balaban J connectivity index is 1.60. The van der Waals surface area contributed by atoms with Crippen LogP contribution in [0.1, 0.15) is 64.4 Å². The van der Waals surface area contributed by atoms with Gasteiger partial charge in [0.25, 0.3) is 11.7 Å². The van der Waals surface area contributed by atoms with E-state index in [-0.39, 0.29) is 61.5 Å². The number of hydrogen-bond donors (Lipinski definition) is 4. The number of phenolic OH excluding ortho intramolecular Hbond substituents is 1. The number of nitrogens with one attached hydrogen (secondary N) is 1. The van der Waals surface area contributed by atoms with E-state index in [4.69, 9.17) is 39.9 Å². The molecule has 0 fully saturated rings. The Labute approximate surface area is 353 Å². The fourth-order valence-corrected chi connectivity index (χ4v) is 8.28. The Hall–Kier alpha value is -4.80. The summed E-state index contributed by atoms with van der Waals surface area (Å²) in [7, 11) is 1.44. The molecule has 2 aromatic carbocycles. The van der Waals surface area contributed by atoms with Crippen LogP contribution in [0.4, 0.5) is 5.69 Å². The number of fused-ring (bicyclic) bond motifs is 2. The number of rotatable bonds is 2. The molecule has 0 saturated carbocycles. The summed E-state index contributed by atoms with van der Waals surface area (Å²) in [6.07, 6.45) is 3.53. The van der Waals surface area contributed by atoms with Crippen LogP contribution in [0.5, 0.6) is 11.5 Å². The van der Waals surface area contributed by atoms with Crippen LogP contribution in [0.2, 0.25) is 5.02 Å². The number of carbonyl (C=O) groups excluding carboxylic acids is 3. The van der Waals surface area contributed by atoms with Gasteiger partial charge in [-0.25, -0.2) is 4.98 Å². The molecule has 1 amide bonds. The Morgan fingerprint density at radius 3 is 2.37 bits per heavy atom. The first-order valence-corrected chi connectivity index (χ1v) is 20.1. The van der Waals surface area contributed by atoms with Gasteiger partial charge in [-0.05, 0) is 48.0 Å². The quantitative estimate of drug-likeness (QED) is 0.0883. The van der Waals surface area contributed by atoms with Crippen molar-refractivity contribution >= 4 is 72.8 Å². The molecule has 4 aliphatic rings. The molecular weight excluding hydrogens is 852 g/mol. The molecule has 59 heavy (non-hydrogen) atoms. The van der Waals surface area contributed by atoms with E-state index in [0.717, 1.165) is 0 Å². The van der Waals surface area contributed by atoms with Crippen LogP contribution in [-0.4, -0.2) is 75.3 Å². The second-order valence-electron chi connectivity index (χ2n) is 15.5. The fourth-order valence-electron chi connectivity index (χ4n) is 7.80. The van der Waals surface area contributed by atoms with Gasteiger partial charge in [-0.2, -0.15) is 0 Å².